The minimum absolute atomic E-state index is 0.132. The van der Waals surface area contributed by atoms with E-state index in [1.165, 1.54) is 18.2 Å². The standard InChI is InChI=1S/C17H16N2O5/c1-11-5-3-4-6-14(11)17(21)24-10-16(20)18-15-9-13(19(22)23)8-7-12(15)2/h3-9H,10H2,1-2H3,(H,18,20). The number of hydrogen-bond donors (Lipinski definition) is 1. The van der Waals surface area contributed by atoms with Crippen molar-refractivity contribution < 1.29 is 19.2 Å². The van der Waals surface area contributed by atoms with Crippen LogP contribution in [-0.4, -0.2) is 23.4 Å². The van der Waals surface area contributed by atoms with Crippen molar-refractivity contribution in [2.45, 2.75) is 13.8 Å². The summed E-state index contributed by atoms with van der Waals surface area (Å²) >= 11 is 0. The van der Waals surface area contributed by atoms with Gasteiger partial charge in [-0.25, -0.2) is 4.79 Å². The molecule has 0 fully saturated rings. The van der Waals surface area contributed by atoms with Crippen molar-refractivity contribution in [3.8, 4) is 0 Å². The molecule has 0 unspecified atom stereocenters. The maximum Gasteiger partial charge on any atom is 0.338 e. The molecule has 0 aliphatic carbocycles. The van der Waals surface area contributed by atoms with Crippen LogP contribution in [0.15, 0.2) is 42.5 Å². The van der Waals surface area contributed by atoms with Gasteiger partial charge >= 0.3 is 5.97 Å². The molecular formula is C17H16N2O5. The molecule has 0 atom stereocenters. The number of non-ortho nitro benzene ring substituents is 1. The van der Waals surface area contributed by atoms with Crippen LogP contribution in [0.1, 0.15) is 21.5 Å². The minimum Gasteiger partial charge on any atom is -0.452 e. The van der Waals surface area contributed by atoms with Gasteiger partial charge in [0, 0.05) is 12.1 Å². The Morgan fingerprint density at radius 1 is 1.12 bits per heavy atom. The van der Waals surface area contributed by atoms with Crippen molar-refractivity contribution in [2.75, 3.05) is 11.9 Å². The molecule has 24 heavy (non-hydrogen) atoms. The third kappa shape index (κ3) is 4.16. The summed E-state index contributed by atoms with van der Waals surface area (Å²) in [6, 6.07) is 11.0. The Balaban J connectivity index is 1.99. The Morgan fingerprint density at radius 3 is 2.50 bits per heavy atom. The number of hydrogen-bond acceptors (Lipinski definition) is 5. The number of anilines is 1. The van der Waals surface area contributed by atoms with E-state index in [0.29, 0.717) is 16.8 Å². The average Bonchev–Trinajstić information content (AvgIpc) is 2.55. The maximum absolute atomic E-state index is 11.9. The predicted molar refractivity (Wildman–Crippen MR) is 87.9 cm³/mol. The second-order valence-electron chi connectivity index (χ2n) is 5.20. The fourth-order valence-corrected chi connectivity index (χ4v) is 2.06. The van der Waals surface area contributed by atoms with Crippen molar-refractivity contribution in [1.82, 2.24) is 0 Å². The number of amides is 1. The quantitative estimate of drug-likeness (QED) is 0.517. The molecule has 0 saturated carbocycles. The van der Waals surface area contributed by atoms with E-state index in [-0.39, 0.29) is 5.69 Å². The number of ether oxygens (including phenoxy) is 1. The average molecular weight is 328 g/mol. The number of carbonyl (C=O) groups is 2. The zero-order chi connectivity index (χ0) is 17.7. The molecule has 0 aromatic heterocycles. The number of nitrogens with zero attached hydrogens (tertiary/aromatic N) is 1. The molecule has 0 bridgehead atoms. The van der Waals surface area contributed by atoms with Crippen LogP contribution in [0.3, 0.4) is 0 Å². The molecule has 0 radical (unpaired) electrons. The van der Waals surface area contributed by atoms with Gasteiger partial charge in [0.05, 0.1) is 16.2 Å². The van der Waals surface area contributed by atoms with Crippen LogP contribution in [0.2, 0.25) is 0 Å². The number of carbonyl (C=O) groups excluding carboxylic acids is 2. The first-order valence-corrected chi connectivity index (χ1v) is 7.16. The molecule has 0 heterocycles. The third-order valence-corrected chi connectivity index (χ3v) is 3.41. The normalized spacial score (nSPS) is 10.1. The lowest BCUT2D eigenvalue weighted by Gasteiger charge is -2.09. The zero-order valence-electron chi connectivity index (χ0n) is 13.2. The first kappa shape index (κ1) is 17.1. The SMILES string of the molecule is Cc1ccc([N+](=O)[O-])cc1NC(=O)COC(=O)c1ccccc1C. The van der Waals surface area contributed by atoms with Crippen molar-refractivity contribution in [3.63, 3.8) is 0 Å². The van der Waals surface area contributed by atoms with Crippen molar-refractivity contribution >= 4 is 23.3 Å². The highest BCUT2D eigenvalue weighted by Gasteiger charge is 2.14. The number of esters is 1. The van der Waals surface area contributed by atoms with E-state index >= 15 is 0 Å². The van der Waals surface area contributed by atoms with E-state index in [4.69, 9.17) is 4.74 Å². The minimum atomic E-state index is -0.598. The second-order valence-corrected chi connectivity index (χ2v) is 5.20. The van der Waals surface area contributed by atoms with Crippen LogP contribution in [-0.2, 0) is 9.53 Å². The molecule has 7 nitrogen and oxygen atoms in total. The van der Waals surface area contributed by atoms with E-state index in [1.807, 2.05) is 0 Å². The Morgan fingerprint density at radius 2 is 1.83 bits per heavy atom. The summed E-state index contributed by atoms with van der Waals surface area (Å²) < 4.78 is 4.98. The van der Waals surface area contributed by atoms with Gasteiger partial charge in [-0.15, -0.1) is 0 Å². The smallest absolute Gasteiger partial charge is 0.338 e. The highest BCUT2D eigenvalue weighted by Crippen LogP contribution is 2.21. The summed E-state index contributed by atoms with van der Waals surface area (Å²) in [6.45, 7) is 3.00. The van der Waals surface area contributed by atoms with Crippen LogP contribution in [0, 0.1) is 24.0 Å². The number of nitrogens with one attached hydrogen (secondary N) is 1. The van der Waals surface area contributed by atoms with Gasteiger partial charge in [0.2, 0.25) is 0 Å². The second kappa shape index (κ2) is 7.36. The molecule has 1 N–H and O–H groups in total. The van der Waals surface area contributed by atoms with Gasteiger partial charge in [0.25, 0.3) is 11.6 Å². The molecule has 0 spiro atoms. The molecule has 2 aromatic carbocycles. The number of nitro groups is 1. The number of aryl methyl sites for hydroxylation is 2. The lowest BCUT2D eigenvalue weighted by Crippen LogP contribution is -2.21. The lowest BCUT2D eigenvalue weighted by atomic mass is 10.1. The summed E-state index contributed by atoms with van der Waals surface area (Å²) in [5.41, 5.74) is 1.97. The van der Waals surface area contributed by atoms with Gasteiger partial charge in [-0.2, -0.15) is 0 Å². The fourth-order valence-electron chi connectivity index (χ4n) is 2.06. The fraction of sp³-hybridized carbons (Fsp3) is 0.176. The zero-order valence-corrected chi connectivity index (χ0v) is 13.2. The predicted octanol–water partition coefficient (Wildman–Crippen LogP) is 3.01. The van der Waals surface area contributed by atoms with Gasteiger partial charge in [-0.05, 0) is 31.0 Å². The topological polar surface area (TPSA) is 98.5 Å². The van der Waals surface area contributed by atoms with Crippen molar-refractivity contribution in [2.24, 2.45) is 0 Å². The van der Waals surface area contributed by atoms with E-state index < -0.39 is 23.4 Å². The summed E-state index contributed by atoms with van der Waals surface area (Å²) in [5.74, 6) is -1.17. The molecule has 1 amide bonds. The van der Waals surface area contributed by atoms with E-state index in [0.717, 1.165) is 5.56 Å². The summed E-state index contributed by atoms with van der Waals surface area (Å²) in [5, 5.41) is 13.3. The maximum atomic E-state index is 11.9. The lowest BCUT2D eigenvalue weighted by molar-refractivity contribution is -0.384. The third-order valence-electron chi connectivity index (χ3n) is 3.41. The largest absolute Gasteiger partial charge is 0.452 e. The van der Waals surface area contributed by atoms with E-state index in [1.54, 1.807) is 38.1 Å². The summed E-state index contributed by atoms with van der Waals surface area (Å²) in [4.78, 5) is 34.1. The molecular weight excluding hydrogens is 312 g/mol. The molecule has 2 aromatic rings. The molecule has 0 saturated heterocycles. The number of benzene rings is 2. The highest BCUT2D eigenvalue weighted by atomic mass is 16.6. The van der Waals surface area contributed by atoms with Gasteiger partial charge in [0.15, 0.2) is 6.61 Å². The molecule has 0 aliphatic heterocycles. The Hall–Kier alpha value is -3.22. The van der Waals surface area contributed by atoms with Crippen molar-refractivity contribution in [1.29, 1.82) is 0 Å². The molecule has 124 valence electrons. The van der Waals surface area contributed by atoms with Crippen LogP contribution in [0.5, 0.6) is 0 Å². The molecule has 2 rings (SSSR count). The molecule has 7 heteroatoms. The Bertz CT molecular complexity index is 801. The van der Waals surface area contributed by atoms with Gasteiger partial charge in [-0.1, -0.05) is 24.3 Å². The number of rotatable bonds is 5. The Kier molecular flexibility index (Phi) is 5.26. The van der Waals surface area contributed by atoms with Crippen LogP contribution in [0.25, 0.3) is 0 Å². The van der Waals surface area contributed by atoms with Gasteiger partial charge in [0.1, 0.15) is 0 Å². The monoisotopic (exact) mass is 328 g/mol. The number of nitro benzene ring substituents is 1. The van der Waals surface area contributed by atoms with E-state index in [9.17, 15) is 19.7 Å². The van der Waals surface area contributed by atoms with Gasteiger partial charge in [-0.3, -0.25) is 14.9 Å². The van der Waals surface area contributed by atoms with Crippen LogP contribution in [0.4, 0.5) is 11.4 Å². The summed E-state index contributed by atoms with van der Waals surface area (Å²) in [7, 11) is 0. The van der Waals surface area contributed by atoms with E-state index in [2.05, 4.69) is 5.32 Å². The van der Waals surface area contributed by atoms with Crippen molar-refractivity contribution in [3.05, 3.63) is 69.3 Å². The van der Waals surface area contributed by atoms with Crippen LogP contribution >= 0.6 is 0 Å². The molecule has 0 aliphatic rings. The highest BCUT2D eigenvalue weighted by molar-refractivity contribution is 5.96. The summed E-state index contributed by atoms with van der Waals surface area (Å²) in [6.07, 6.45) is 0. The Labute approximate surface area is 138 Å². The van der Waals surface area contributed by atoms with Gasteiger partial charge < -0.3 is 10.1 Å². The first-order chi connectivity index (χ1) is 11.4. The van der Waals surface area contributed by atoms with Crippen LogP contribution < -0.4 is 5.32 Å². The first-order valence-electron chi connectivity index (χ1n) is 7.16.